The number of hydrogen-bond acceptors (Lipinski definition) is 5. The topological polar surface area (TPSA) is 84.9 Å². The second kappa shape index (κ2) is 11.6. The fourth-order valence-electron chi connectivity index (χ4n) is 3.28. The Hall–Kier alpha value is -3.52. The third-order valence-electron chi connectivity index (χ3n) is 5.06. The Bertz CT molecular complexity index is 1180. The lowest BCUT2D eigenvalue weighted by Crippen LogP contribution is -2.40. The van der Waals surface area contributed by atoms with Crippen molar-refractivity contribution in [3.8, 4) is 11.5 Å². The van der Waals surface area contributed by atoms with Crippen LogP contribution >= 0.6 is 0 Å². The summed E-state index contributed by atoms with van der Waals surface area (Å²) in [4.78, 5) is 12.9. The Morgan fingerprint density at radius 1 is 0.824 bits per heavy atom. The molecule has 3 rings (SSSR count). The van der Waals surface area contributed by atoms with Crippen molar-refractivity contribution < 1.29 is 22.7 Å². The van der Waals surface area contributed by atoms with Crippen molar-refractivity contribution in [1.82, 2.24) is 5.32 Å². The molecule has 1 N–H and O–H groups in total. The van der Waals surface area contributed by atoms with Gasteiger partial charge >= 0.3 is 0 Å². The van der Waals surface area contributed by atoms with Crippen LogP contribution in [0.3, 0.4) is 0 Å². The number of aryl methyl sites for hydroxylation is 1. The van der Waals surface area contributed by atoms with Crippen molar-refractivity contribution in [3.05, 3.63) is 83.9 Å². The van der Waals surface area contributed by atoms with Crippen LogP contribution in [0.5, 0.6) is 11.5 Å². The van der Waals surface area contributed by atoms with E-state index < -0.39 is 15.9 Å². The number of benzene rings is 3. The van der Waals surface area contributed by atoms with Gasteiger partial charge in [-0.15, -0.1) is 0 Å². The molecular weight excluding hydrogens is 452 g/mol. The van der Waals surface area contributed by atoms with Gasteiger partial charge in [0.25, 0.3) is 10.0 Å². The lowest BCUT2D eigenvalue weighted by Gasteiger charge is -2.24. The van der Waals surface area contributed by atoms with E-state index >= 15 is 0 Å². The minimum atomic E-state index is -3.97. The highest BCUT2D eigenvalue weighted by molar-refractivity contribution is 7.92. The summed E-state index contributed by atoms with van der Waals surface area (Å²) in [5.74, 6) is 0.959. The van der Waals surface area contributed by atoms with E-state index in [-0.39, 0.29) is 18.0 Å². The maximum Gasteiger partial charge on any atom is 0.264 e. The van der Waals surface area contributed by atoms with E-state index in [1.165, 1.54) is 0 Å². The Labute approximate surface area is 201 Å². The largest absolute Gasteiger partial charge is 0.494 e. The molecule has 0 atom stereocenters. The summed E-state index contributed by atoms with van der Waals surface area (Å²) in [5.41, 5.74) is 2.20. The van der Waals surface area contributed by atoms with E-state index in [4.69, 9.17) is 9.47 Å². The zero-order chi connectivity index (χ0) is 24.6. The van der Waals surface area contributed by atoms with Gasteiger partial charge in [0.15, 0.2) is 0 Å². The van der Waals surface area contributed by atoms with Crippen LogP contribution in [-0.2, 0) is 21.4 Å². The molecule has 0 unspecified atom stereocenters. The number of amides is 1. The number of carbonyl (C=O) groups is 1. The highest BCUT2D eigenvalue weighted by Crippen LogP contribution is 2.26. The number of carbonyl (C=O) groups excluding carboxylic acids is 1. The van der Waals surface area contributed by atoms with Crippen LogP contribution < -0.4 is 19.1 Å². The van der Waals surface area contributed by atoms with Crippen LogP contribution in [-0.4, -0.2) is 34.1 Å². The van der Waals surface area contributed by atoms with Crippen molar-refractivity contribution in [1.29, 1.82) is 0 Å². The molecule has 0 aliphatic heterocycles. The lowest BCUT2D eigenvalue weighted by atomic mass is 10.2. The minimum absolute atomic E-state index is 0.117. The predicted octanol–water partition coefficient (Wildman–Crippen LogP) is 4.30. The standard InChI is InChI=1S/C26H30N2O5S/c1-4-32-23-12-8-21(9-13-23)18-27-26(29)19-28(22-10-14-24(15-11-22)33-5-2)34(30,31)25-16-6-20(3)7-17-25/h6-17H,4-5,18-19H2,1-3H3,(H,27,29). The van der Waals surface area contributed by atoms with E-state index in [1.807, 2.05) is 45.0 Å². The molecule has 0 saturated heterocycles. The first-order valence-electron chi connectivity index (χ1n) is 11.1. The zero-order valence-corrected chi connectivity index (χ0v) is 20.5. The van der Waals surface area contributed by atoms with Crippen LogP contribution in [0.15, 0.2) is 77.7 Å². The van der Waals surface area contributed by atoms with Gasteiger partial charge in [0.1, 0.15) is 18.0 Å². The summed E-state index contributed by atoms with van der Waals surface area (Å²) < 4.78 is 38.9. The number of ether oxygens (including phenoxy) is 2. The first kappa shape index (κ1) is 25.1. The molecule has 0 spiro atoms. The van der Waals surface area contributed by atoms with E-state index in [2.05, 4.69) is 5.32 Å². The van der Waals surface area contributed by atoms with Crippen LogP contribution in [0.25, 0.3) is 0 Å². The van der Waals surface area contributed by atoms with Crippen molar-refractivity contribution in [2.45, 2.75) is 32.2 Å². The monoisotopic (exact) mass is 482 g/mol. The third-order valence-corrected chi connectivity index (χ3v) is 6.84. The average molecular weight is 483 g/mol. The molecule has 0 aliphatic carbocycles. The molecule has 0 radical (unpaired) electrons. The highest BCUT2D eigenvalue weighted by Gasteiger charge is 2.27. The molecule has 34 heavy (non-hydrogen) atoms. The summed E-state index contributed by atoms with van der Waals surface area (Å²) >= 11 is 0. The van der Waals surface area contributed by atoms with Gasteiger partial charge in [-0.1, -0.05) is 29.8 Å². The van der Waals surface area contributed by atoms with Gasteiger partial charge in [-0.25, -0.2) is 8.42 Å². The summed E-state index contributed by atoms with van der Waals surface area (Å²) in [6, 6.07) is 20.6. The van der Waals surface area contributed by atoms with E-state index in [0.29, 0.717) is 24.7 Å². The van der Waals surface area contributed by atoms with Gasteiger partial charge < -0.3 is 14.8 Å². The van der Waals surface area contributed by atoms with Crippen LogP contribution in [0, 0.1) is 6.92 Å². The number of nitrogens with one attached hydrogen (secondary N) is 1. The SMILES string of the molecule is CCOc1ccc(CNC(=O)CN(c2ccc(OCC)cc2)S(=O)(=O)c2ccc(C)cc2)cc1. The molecule has 0 heterocycles. The molecular formula is C26H30N2O5S. The third kappa shape index (κ3) is 6.51. The Morgan fingerprint density at radius 3 is 1.88 bits per heavy atom. The van der Waals surface area contributed by atoms with Crippen LogP contribution in [0.4, 0.5) is 5.69 Å². The summed E-state index contributed by atoms with van der Waals surface area (Å²) in [6.45, 7) is 6.65. The second-order valence-electron chi connectivity index (χ2n) is 7.61. The fourth-order valence-corrected chi connectivity index (χ4v) is 4.71. The number of sulfonamides is 1. The van der Waals surface area contributed by atoms with Crippen molar-refractivity contribution in [3.63, 3.8) is 0 Å². The number of rotatable bonds is 11. The van der Waals surface area contributed by atoms with E-state index in [9.17, 15) is 13.2 Å². The fraction of sp³-hybridized carbons (Fsp3) is 0.269. The predicted molar refractivity (Wildman–Crippen MR) is 133 cm³/mol. The minimum Gasteiger partial charge on any atom is -0.494 e. The normalized spacial score (nSPS) is 11.0. The first-order valence-corrected chi connectivity index (χ1v) is 12.6. The molecule has 8 heteroatoms. The molecule has 0 aromatic heterocycles. The van der Waals surface area contributed by atoms with Crippen molar-refractivity contribution >= 4 is 21.6 Å². The van der Waals surface area contributed by atoms with Gasteiger partial charge in [0, 0.05) is 6.54 Å². The molecule has 0 saturated carbocycles. The average Bonchev–Trinajstić information content (AvgIpc) is 2.83. The molecule has 0 aliphatic rings. The maximum atomic E-state index is 13.5. The Kier molecular flexibility index (Phi) is 8.54. The van der Waals surface area contributed by atoms with Gasteiger partial charge in [-0.05, 0) is 74.9 Å². The Morgan fingerprint density at radius 2 is 1.35 bits per heavy atom. The van der Waals surface area contributed by atoms with Gasteiger partial charge in [-0.2, -0.15) is 0 Å². The summed E-state index contributed by atoms with van der Waals surface area (Å²) in [6.07, 6.45) is 0. The van der Waals surface area contributed by atoms with Crippen LogP contribution in [0.1, 0.15) is 25.0 Å². The van der Waals surface area contributed by atoms with Gasteiger partial charge in [0.2, 0.25) is 5.91 Å². The summed E-state index contributed by atoms with van der Waals surface area (Å²) in [7, 11) is -3.97. The van der Waals surface area contributed by atoms with E-state index in [0.717, 1.165) is 21.2 Å². The number of hydrogen-bond donors (Lipinski definition) is 1. The highest BCUT2D eigenvalue weighted by atomic mass is 32.2. The van der Waals surface area contributed by atoms with E-state index in [1.54, 1.807) is 48.5 Å². The smallest absolute Gasteiger partial charge is 0.264 e. The molecule has 1 amide bonds. The first-order chi connectivity index (χ1) is 16.3. The molecule has 0 bridgehead atoms. The molecule has 3 aromatic rings. The quantitative estimate of drug-likeness (QED) is 0.440. The van der Waals surface area contributed by atoms with Crippen molar-refractivity contribution in [2.75, 3.05) is 24.1 Å². The molecule has 180 valence electrons. The van der Waals surface area contributed by atoms with Gasteiger partial charge in [0.05, 0.1) is 23.8 Å². The van der Waals surface area contributed by atoms with Crippen LogP contribution in [0.2, 0.25) is 0 Å². The van der Waals surface area contributed by atoms with Gasteiger partial charge in [-0.3, -0.25) is 9.10 Å². The number of anilines is 1. The molecule has 0 fully saturated rings. The lowest BCUT2D eigenvalue weighted by molar-refractivity contribution is -0.119. The number of nitrogens with zero attached hydrogens (tertiary/aromatic N) is 1. The Balaban J connectivity index is 1.80. The second-order valence-corrected chi connectivity index (χ2v) is 9.47. The molecule has 7 nitrogen and oxygen atoms in total. The summed E-state index contributed by atoms with van der Waals surface area (Å²) in [5, 5.41) is 2.80. The molecule has 3 aromatic carbocycles. The zero-order valence-electron chi connectivity index (χ0n) is 19.7. The maximum absolute atomic E-state index is 13.5. The van der Waals surface area contributed by atoms with Crippen molar-refractivity contribution in [2.24, 2.45) is 0 Å².